The van der Waals surface area contributed by atoms with Crippen LogP contribution in [0.4, 0.5) is 8.78 Å². The van der Waals surface area contributed by atoms with E-state index in [1.54, 1.807) is 4.98 Å². The highest BCUT2D eigenvalue weighted by Crippen LogP contribution is 2.19. The molecule has 0 aliphatic heterocycles. The quantitative estimate of drug-likeness (QED) is 0.785. The van der Waals surface area contributed by atoms with Crippen molar-refractivity contribution >= 4 is 17.5 Å². The zero-order chi connectivity index (χ0) is 10.9. The Labute approximate surface area is 81.7 Å². The van der Waals surface area contributed by atoms with Crippen molar-refractivity contribution in [3.63, 3.8) is 0 Å². The molecule has 0 aromatic carbocycles. The molecule has 0 bridgehead atoms. The molecule has 1 rings (SSSR count). The lowest BCUT2D eigenvalue weighted by atomic mass is 10.2. The van der Waals surface area contributed by atoms with E-state index in [9.17, 15) is 18.4 Å². The minimum absolute atomic E-state index is 0.378. The summed E-state index contributed by atoms with van der Waals surface area (Å²) in [6.07, 6.45) is -2.86. The molecule has 76 valence electrons. The van der Waals surface area contributed by atoms with Crippen LogP contribution in [-0.2, 0) is 0 Å². The predicted octanol–water partition coefficient (Wildman–Crippen LogP) is 1.06. The van der Waals surface area contributed by atoms with Gasteiger partial charge in [0.2, 0.25) is 0 Å². The lowest BCUT2D eigenvalue weighted by Crippen LogP contribution is -2.25. The van der Waals surface area contributed by atoms with E-state index in [-0.39, 0.29) is 5.02 Å². The Hall–Kier alpha value is -1.43. The van der Waals surface area contributed by atoms with Gasteiger partial charge in [-0.15, -0.1) is 0 Å². The van der Waals surface area contributed by atoms with Crippen LogP contribution in [-0.4, -0.2) is 10.9 Å². The van der Waals surface area contributed by atoms with E-state index < -0.39 is 29.1 Å². The maximum atomic E-state index is 12.1. The molecule has 14 heavy (non-hydrogen) atoms. The third-order valence-electron chi connectivity index (χ3n) is 1.49. The number of pyridine rings is 1. The Morgan fingerprint density at radius 1 is 1.57 bits per heavy atom. The zero-order valence-electron chi connectivity index (χ0n) is 6.68. The van der Waals surface area contributed by atoms with Gasteiger partial charge in [-0.3, -0.25) is 9.59 Å². The lowest BCUT2D eigenvalue weighted by molar-refractivity contribution is 0.0998. The summed E-state index contributed by atoms with van der Waals surface area (Å²) in [5.74, 6) is -1.06. The standard InChI is InChI=1S/C7H5ClF2N2O2/c8-2-1-3(5(9)10)12-7(14)4(2)6(11)13/h1,5H,(H2,11,13)(H,12,14). The van der Waals surface area contributed by atoms with Crippen LogP contribution in [0, 0.1) is 0 Å². The van der Waals surface area contributed by atoms with Crippen LogP contribution < -0.4 is 11.3 Å². The third kappa shape index (κ3) is 1.90. The number of amides is 1. The van der Waals surface area contributed by atoms with E-state index in [1.165, 1.54) is 0 Å². The molecule has 1 heterocycles. The Morgan fingerprint density at radius 2 is 2.14 bits per heavy atom. The summed E-state index contributed by atoms with van der Waals surface area (Å²) in [5, 5.41) is -0.378. The second kappa shape index (κ2) is 3.75. The normalized spacial score (nSPS) is 10.6. The summed E-state index contributed by atoms with van der Waals surface area (Å²) in [4.78, 5) is 23.5. The number of carbonyl (C=O) groups excluding carboxylic acids is 1. The van der Waals surface area contributed by atoms with Gasteiger partial charge in [0.15, 0.2) is 0 Å². The van der Waals surface area contributed by atoms with Crippen LogP contribution in [0.5, 0.6) is 0 Å². The summed E-state index contributed by atoms with van der Waals surface area (Å²) in [5.41, 5.74) is 2.63. The van der Waals surface area contributed by atoms with Gasteiger partial charge in [-0.25, -0.2) is 8.78 Å². The molecule has 0 radical (unpaired) electrons. The molecule has 4 nitrogen and oxygen atoms in total. The number of hydrogen-bond donors (Lipinski definition) is 2. The first-order valence-electron chi connectivity index (χ1n) is 3.44. The number of hydrogen-bond acceptors (Lipinski definition) is 2. The maximum Gasteiger partial charge on any atom is 0.278 e. The number of carbonyl (C=O) groups is 1. The van der Waals surface area contributed by atoms with Gasteiger partial charge in [0, 0.05) is 0 Å². The van der Waals surface area contributed by atoms with Crippen molar-refractivity contribution in [1.29, 1.82) is 0 Å². The summed E-state index contributed by atoms with van der Waals surface area (Å²) < 4.78 is 24.2. The van der Waals surface area contributed by atoms with Crippen molar-refractivity contribution in [3.05, 3.63) is 32.7 Å². The Bertz CT molecular complexity index is 430. The van der Waals surface area contributed by atoms with Crippen molar-refractivity contribution < 1.29 is 13.6 Å². The number of nitrogens with one attached hydrogen (secondary N) is 1. The summed E-state index contributed by atoms with van der Waals surface area (Å²) in [6, 6.07) is 0.799. The van der Waals surface area contributed by atoms with Crippen LogP contribution in [0.1, 0.15) is 22.5 Å². The number of rotatable bonds is 2. The number of alkyl halides is 2. The number of halogens is 3. The summed E-state index contributed by atoms with van der Waals surface area (Å²) >= 11 is 5.42. The van der Waals surface area contributed by atoms with E-state index in [1.807, 2.05) is 0 Å². The maximum absolute atomic E-state index is 12.1. The van der Waals surface area contributed by atoms with Gasteiger partial charge in [0.1, 0.15) is 5.56 Å². The number of aromatic nitrogens is 1. The van der Waals surface area contributed by atoms with Crippen molar-refractivity contribution in [2.75, 3.05) is 0 Å². The first kappa shape index (κ1) is 10.6. The van der Waals surface area contributed by atoms with E-state index in [2.05, 4.69) is 0 Å². The molecule has 0 fully saturated rings. The molecular weight excluding hydrogens is 218 g/mol. The van der Waals surface area contributed by atoms with Crippen molar-refractivity contribution in [2.45, 2.75) is 6.43 Å². The average Bonchev–Trinajstić information content (AvgIpc) is 2.01. The van der Waals surface area contributed by atoms with E-state index in [4.69, 9.17) is 17.3 Å². The van der Waals surface area contributed by atoms with Gasteiger partial charge < -0.3 is 10.7 Å². The van der Waals surface area contributed by atoms with Gasteiger partial charge in [0.05, 0.1) is 10.7 Å². The Kier molecular flexibility index (Phi) is 2.85. The fourth-order valence-electron chi connectivity index (χ4n) is 0.894. The number of H-pyrrole nitrogens is 1. The largest absolute Gasteiger partial charge is 0.365 e. The first-order valence-corrected chi connectivity index (χ1v) is 3.82. The highest BCUT2D eigenvalue weighted by Gasteiger charge is 2.16. The molecule has 7 heteroatoms. The van der Waals surface area contributed by atoms with E-state index in [0.29, 0.717) is 0 Å². The molecule has 1 amide bonds. The first-order chi connectivity index (χ1) is 6.43. The van der Waals surface area contributed by atoms with Crippen molar-refractivity contribution in [1.82, 2.24) is 4.98 Å². The van der Waals surface area contributed by atoms with Crippen LogP contribution in [0.3, 0.4) is 0 Å². The van der Waals surface area contributed by atoms with Gasteiger partial charge in [0.25, 0.3) is 17.9 Å². The molecule has 1 aromatic rings. The summed E-state index contributed by atoms with van der Waals surface area (Å²) in [6.45, 7) is 0. The molecule has 0 saturated heterocycles. The van der Waals surface area contributed by atoms with Crippen molar-refractivity contribution in [3.8, 4) is 0 Å². The minimum atomic E-state index is -2.86. The average molecular weight is 223 g/mol. The van der Waals surface area contributed by atoms with Gasteiger partial charge >= 0.3 is 0 Å². The van der Waals surface area contributed by atoms with Crippen LogP contribution in [0.25, 0.3) is 0 Å². The predicted molar refractivity (Wildman–Crippen MR) is 45.5 cm³/mol. The number of primary amides is 1. The molecular formula is C7H5ClF2N2O2. The molecule has 1 aromatic heterocycles. The molecule has 3 N–H and O–H groups in total. The molecule has 0 saturated carbocycles. The highest BCUT2D eigenvalue weighted by atomic mass is 35.5. The number of aromatic amines is 1. The molecule has 0 aliphatic rings. The Morgan fingerprint density at radius 3 is 2.50 bits per heavy atom. The molecule has 0 unspecified atom stereocenters. The fourth-order valence-corrected chi connectivity index (χ4v) is 1.19. The second-order valence-electron chi connectivity index (χ2n) is 2.44. The van der Waals surface area contributed by atoms with Gasteiger partial charge in [-0.2, -0.15) is 0 Å². The fraction of sp³-hybridized carbons (Fsp3) is 0.143. The van der Waals surface area contributed by atoms with Crippen LogP contribution >= 0.6 is 11.6 Å². The van der Waals surface area contributed by atoms with E-state index in [0.717, 1.165) is 6.07 Å². The zero-order valence-corrected chi connectivity index (χ0v) is 7.44. The van der Waals surface area contributed by atoms with E-state index >= 15 is 0 Å². The van der Waals surface area contributed by atoms with Crippen molar-refractivity contribution in [2.24, 2.45) is 5.73 Å². The lowest BCUT2D eigenvalue weighted by Gasteiger charge is -2.02. The topological polar surface area (TPSA) is 76.0 Å². The molecule has 0 atom stereocenters. The molecule has 0 spiro atoms. The number of nitrogens with two attached hydrogens (primary N) is 1. The smallest absolute Gasteiger partial charge is 0.278 e. The second-order valence-corrected chi connectivity index (χ2v) is 2.85. The minimum Gasteiger partial charge on any atom is -0.365 e. The third-order valence-corrected chi connectivity index (χ3v) is 1.79. The highest BCUT2D eigenvalue weighted by molar-refractivity contribution is 6.33. The SMILES string of the molecule is NC(=O)c1c(Cl)cc(C(F)F)[nH]c1=O. The van der Waals surface area contributed by atoms with Crippen LogP contribution in [0.2, 0.25) is 5.02 Å². The Balaban J connectivity index is 3.40. The van der Waals surface area contributed by atoms with Gasteiger partial charge in [-0.05, 0) is 6.07 Å². The molecule has 0 aliphatic carbocycles. The van der Waals surface area contributed by atoms with Gasteiger partial charge in [-0.1, -0.05) is 11.6 Å². The van der Waals surface area contributed by atoms with Crippen LogP contribution in [0.15, 0.2) is 10.9 Å². The summed E-state index contributed by atoms with van der Waals surface area (Å²) in [7, 11) is 0. The monoisotopic (exact) mass is 222 g/mol.